The molecule has 0 saturated carbocycles. The van der Waals surface area contributed by atoms with E-state index in [0.29, 0.717) is 6.42 Å². The lowest BCUT2D eigenvalue weighted by atomic mass is 10.0. The van der Waals surface area contributed by atoms with Gasteiger partial charge < -0.3 is 19.7 Å². The molecule has 1 aliphatic rings. The van der Waals surface area contributed by atoms with Gasteiger partial charge in [0.15, 0.2) is 0 Å². The summed E-state index contributed by atoms with van der Waals surface area (Å²) in [6.45, 7) is 1.33. The van der Waals surface area contributed by atoms with Gasteiger partial charge in [0, 0.05) is 13.3 Å². The Balaban J connectivity index is 2.36. The van der Waals surface area contributed by atoms with E-state index in [1.807, 2.05) is 0 Å². The number of ether oxygens (including phenoxy) is 2. The first-order valence-corrected chi connectivity index (χ1v) is 4.21. The maximum absolute atomic E-state index is 10.6. The Hall–Kier alpha value is -0.650. The van der Waals surface area contributed by atoms with Gasteiger partial charge in [-0.15, -0.1) is 0 Å². The normalized spacial score (nSPS) is 34.2. The molecular formula is C8H14O5. The summed E-state index contributed by atoms with van der Waals surface area (Å²) in [6, 6.07) is 0. The predicted octanol–water partition coefficient (Wildman–Crippen LogP) is -0.940. The Labute approximate surface area is 76.3 Å². The van der Waals surface area contributed by atoms with Gasteiger partial charge in [-0.2, -0.15) is 0 Å². The average Bonchev–Trinajstić information content (AvgIpc) is 2.03. The van der Waals surface area contributed by atoms with Crippen LogP contribution in [0.3, 0.4) is 0 Å². The van der Waals surface area contributed by atoms with Crippen LogP contribution in [-0.2, 0) is 14.3 Å². The topological polar surface area (TPSA) is 76.0 Å². The van der Waals surface area contributed by atoms with Gasteiger partial charge in [-0.1, -0.05) is 0 Å². The van der Waals surface area contributed by atoms with Crippen LogP contribution in [0.1, 0.15) is 13.3 Å². The number of aliphatic hydroxyl groups is 2. The lowest BCUT2D eigenvalue weighted by Crippen LogP contribution is -2.44. The summed E-state index contributed by atoms with van der Waals surface area (Å²) in [5, 5.41) is 18.1. The summed E-state index contributed by atoms with van der Waals surface area (Å²) >= 11 is 0. The summed E-state index contributed by atoms with van der Waals surface area (Å²) in [7, 11) is 0. The summed E-state index contributed by atoms with van der Waals surface area (Å²) in [5.74, 6) is -0.386. The number of hydrogen-bond acceptors (Lipinski definition) is 5. The molecule has 0 aromatic rings. The molecule has 1 heterocycles. The van der Waals surface area contributed by atoms with Crippen LogP contribution in [0.5, 0.6) is 0 Å². The number of aliphatic hydroxyl groups excluding tert-OH is 2. The van der Waals surface area contributed by atoms with Gasteiger partial charge in [0.2, 0.25) is 0 Å². The van der Waals surface area contributed by atoms with Gasteiger partial charge in [0.1, 0.15) is 12.2 Å². The molecule has 0 bridgehead atoms. The van der Waals surface area contributed by atoms with Crippen molar-refractivity contribution in [2.75, 3.05) is 13.2 Å². The monoisotopic (exact) mass is 190 g/mol. The lowest BCUT2D eigenvalue weighted by molar-refractivity contribution is -0.171. The second-order valence-corrected chi connectivity index (χ2v) is 3.09. The fourth-order valence-corrected chi connectivity index (χ4v) is 1.32. The van der Waals surface area contributed by atoms with Crippen molar-refractivity contribution in [3.8, 4) is 0 Å². The molecule has 1 aliphatic heterocycles. The zero-order valence-corrected chi connectivity index (χ0v) is 7.47. The number of rotatable bonds is 2. The van der Waals surface area contributed by atoms with Gasteiger partial charge in [-0.05, 0) is 0 Å². The van der Waals surface area contributed by atoms with Crippen molar-refractivity contribution in [3.05, 3.63) is 0 Å². The van der Waals surface area contributed by atoms with E-state index in [1.54, 1.807) is 0 Å². The highest BCUT2D eigenvalue weighted by molar-refractivity contribution is 5.66. The summed E-state index contributed by atoms with van der Waals surface area (Å²) in [6.07, 6.45) is -1.38. The molecule has 2 N–H and O–H groups in total. The Kier molecular flexibility index (Phi) is 3.65. The van der Waals surface area contributed by atoms with Gasteiger partial charge in [0.25, 0.3) is 0 Å². The van der Waals surface area contributed by atoms with E-state index in [-0.39, 0.29) is 19.2 Å². The van der Waals surface area contributed by atoms with Crippen LogP contribution >= 0.6 is 0 Å². The molecule has 1 fully saturated rings. The predicted molar refractivity (Wildman–Crippen MR) is 43.0 cm³/mol. The second kappa shape index (κ2) is 4.55. The second-order valence-electron chi connectivity index (χ2n) is 3.09. The van der Waals surface area contributed by atoms with E-state index in [1.165, 1.54) is 6.92 Å². The van der Waals surface area contributed by atoms with E-state index < -0.39 is 18.3 Å². The Morgan fingerprint density at radius 1 is 1.69 bits per heavy atom. The largest absolute Gasteiger partial charge is 0.460 e. The molecular weight excluding hydrogens is 176 g/mol. The SMILES string of the molecule is CC(=O)OC1COC(CO)C(O)C1. The molecule has 0 aliphatic carbocycles. The number of carbonyl (C=O) groups is 1. The van der Waals surface area contributed by atoms with Crippen LogP contribution in [0.2, 0.25) is 0 Å². The van der Waals surface area contributed by atoms with Crippen LogP contribution in [0.4, 0.5) is 0 Å². The number of esters is 1. The first kappa shape index (κ1) is 10.4. The van der Waals surface area contributed by atoms with Crippen LogP contribution in [-0.4, -0.2) is 47.7 Å². The molecule has 3 unspecified atom stereocenters. The van der Waals surface area contributed by atoms with Crippen LogP contribution in [0.15, 0.2) is 0 Å². The van der Waals surface area contributed by atoms with Gasteiger partial charge in [-0.25, -0.2) is 0 Å². The fourth-order valence-electron chi connectivity index (χ4n) is 1.32. The highest BCUT2D eigenvalue weighted by atomic mass is 16.6. The maximum Gasteiger partial charge on any atom is 0.302 e. The fraction of sp³-hybridized carbons (Fsp3) is 0.875. The quantitative estimate of drug-likeness (QED) is 0.550. The smallest absolute Gasteiger partial charge is 0.302 e. The summed E-state index contributed by atoms with van der Waals surface area (Å²) in [5.41, 5.74) is 0. The minimum absolute atomic E-state index is 0.214. The molecule has 1 rings (SSSR count). The Bertz CT molecular complexity index is 181. The van der Waals surface area contributed by atoms with Crippen molar-refractivity contribution in [2.24, 2.45) is 0 Å². The molecule has 0 amide bonds. The first-order valence-electron chi connectivity index (χ1n) is 4.21. The third-order valence-electron chi connectivity index (χ3n) is 1.94. The average molecular weight is 190 g/mol. The third-order valence-corrected chi connectivity index (χ3v) is 1.94. The molecule has 13 heavy (non-hydrogen) atoms. The van der Waals surface area contributed by atoms with E-state index >= 15 is 0 Å². The molecule has 0 aromatic heterocycles. The highest BCUT2D eigenvalue weighted by Crippen LogP contribution is 2.16. The Morgan fingerprint density at radius 2 is 2.38 bits per heavy atom. The number of hydrogen-bond donors (Lipinski definition) is 2. The van der Waals surface area contributed by atoms with E-state index in [2.05, 4.69) is 0 Å². The van der Waals surface area contributed by atoms with Crippen LogP contribution < -0.4 is 0 Å². The zero-order chi connectivity index (χ0) is 9.84. The van der Waals surface area contributed by atoms with E-state index in [9.17, 15) is 9.90 Å². The summed E-state index contributed by atoms with van der Waals surface area (Å²) in [4.78, 5) is 10.6. The molecule has 0 radical (unpaired) electrons. The van der Waals surface area contributed by atoms with Crippen molar-refractivity contribution in [1.82, 2.24) is 0 Å². The highest BCUT2D eigenvalue weighted by Gasteiger charge is 2.30. The molecule has 1 saturated heterocycles. The van der Waals surface area contributed by atoms with Gasteiger partial charge in [-0.3, -0.25) is 4.79 Å². The Morgan fingerprint density at radius 3 is 2.85 bits per heavy atom. The molecule has 0 spiro atoms. The van der Waals surface area contributed by atoms with Crippen molar-refractivity contribution >= 4 is 5.97 Å². The van der Waals surface area contributed by atoms with Crippen LogP contribution in [0, 0.1) is 0 Å². The van der Waals surface area contributed by atoms with Crippen molar-refractivity contribution in [3.63, 3.8) is 0 Å². The van der Waals surface area contributed by atoms with E-state index in [4.69, 9.17) is 14.6 Å². The first-order chi connectivity index (χ1) is 6.13. The van der Waals surface area contributed by atoms with Gasteiger partial charge in [0.05, 0.1) is 19.3 Å². The van der Waals surface area contributed by atoms with Crippen molar-refractivity contribution in [2.45, 2.75) is 31.7 Å². The van der Waals surface area contributed by atoms with Crippen LogP contribution in [0.25, 0.3) is 0 Å². The zero-order valence-electron chi connectivity index (χ0n) is 7.47. The molecule has 5 nitrogen and oxygen atoms in total. The maximum atomic E-state index is 10.6. The number of carbonyl (C=O) groups excluding carboxylic acids is 1. The van der Waals surface area contributed by atoms with Crippen molar-refractivity contribution < 1.29 is 24.5 Å². The lowest BCUT2D eigenvalue weighted by Gasteiger charge is -2.31. The molecule has 5 heteroatoms. The standard InChI is InChI=1S/C8H14O5/c1-5(10)13-6-2-7(11)8(3-9)12-4-6/h6-9,11H,2-4H2,1H3. The minimum Gasteiger partial charge on any atom is -0.460 e. The van der Waals surface area contributed by atoms with Crippen molar-refractivity contribution in [1.29, 1.82) is 0 Å². The molecule has 0 aromatic carbocycles. The summed E-state index contributed by atoms with van der Waals surface area (Å²) < 4.78 is 9.92. The van der Waals surface area contributed by atoms with E-state index in [0.717, 1.165) is 0 Å². The third kappa shape index (κ3) is 2.95. The molecule has 3 atom stereocenters. The van der Waals surface area contributed by atoms with Gasteiger partial charge >= 0.3 is 5.97 Å². The minimum atomic E-state index is -0.761. The molecule has 76 valence electrons.